The van der Waals surface area contributed by atoms with E-state index in [1.807, 2.05) is 0 Å². The van der Waals surface area contributed by atoms with Crippen LogP contribution < -0.4 is 4.74 Å². The zero-order chi connectivity index (χ0) is 12.8. The Bertz CT molecular complexity index is 425. The summed E-state index contributed by atoms with van der Waals surface area (Å²) >= 11 is 0. The summed E-state index contributed by atoms with van der Waals surface area (Å²) in [5.41, 5.74) is 0.449. The summed E-state index contributed by atoms with van der Waals surface area (Å²) in [4.78, 5) is 21.6. The molecule has 0 aromatic heterocycles. The Morgan fingerprint density at radius 1 is 1.24 bits per heavy atom. The standard InChI is InChI=1S/C12H14O5/c1-8(13)10-3-4-11(15)12(7-10)17-6-5-16-9(2)14/h3-4,7,15H,5-6H2,1-2H3. The maximum atomic E-state index is 11.1. The van der Waals surface area contributed by atoms with E-state index in [4.69, 9.17) is 4.74 Å². The first-order chi connectivity index (χ1) is 8.00. The Morgan fingerprint density at radius 2 is 1.94 bits per heavy atom. The summed E-state index contributed by atoms with van der Waals surface area (Å²) in [6.07, 6.45) is 0. The summed E-state index contributed by atoms with van der Waals surface area (Å²) in [5.74, 6) is -0.368. The lowest BCUT2D eigenvalue weighted by Gasteiger charge is -2.09. The van der Waals surface area contributed by atoms with Gasteiger partial charge in [0.05, 0.1) is 0 Å². The third kappa shape index (κ3) is 4.14. The number of hydrogen-bond donors (Lipinski definition) is 1. The number of carbonyl (C=O) groups is 2. The van der Waals surface area contributed by atoms with Gasteiger partial charge in [0, 0.05) is 12.5 Å². The Hall–Kier alpha value is -2.04. The molecule has 0 spiro atoms. The minimum Gasteiger partial charge on any atom is -0.504 e. The molecule has 0 saturated carbocycles. The molecule has 5 heteroatoms. The van der Waals surface area contributed by atoms with E-state index in [2.05, 4.69) is 4.74 Å². The number of aromatic hydroxyl groups is 1. The van der Waals surface area contributed by atoms with Crippen molar-refractivity contribution in [3.63, 3.8) is 0 Å². The van der Waals surface area contributed by atoms with Crippen molar-refractivity contribution in [3.8, 4) is 11.5 Å². The van der Waals surface area contributed by atoms with Crippen LogP contribution in [0, 0.1) is 0 Å². The third-order valence-corrected chi connectivity index (χ3v) is 2.01. The van der Waals surface area contributed by atoms with Gasteiger partial charge in [-0.2, -0.15) is 0 Å². The largest absolute Gasteiger partial charge is 0.504 e. The molecule has 0 amide bonds. The monoisotopic (exact) mass is 238 g/mol. The van der Waals surface area contributed by atoms with Gasteiger partial charge in [-0.05, 0) is 25.1 Å². The van der Waals surface area contributed by atoms with Crippen LogP contribution in [-0.2, 0) is 9.53 Å². The van der Waals surface area contributed by atoms with Gasteiger partial charge in [-0.1, -0.05) is 0 Å². The van der Waals surface area contributed by atoms with Crippen LogP contribution in [0.4, 0.5) is 0 Å². The Balaban J connectivity index is 2.60. The summed E-state index contributed by atoms with van der Waals surface area (Å²) in [7, 11) is 0. The smallest absolute Gasteiger partial charge is 0.302 e. The molecule has 1 aromatic carbocycles. The van der Waals surface area contributed by atoms with Crippen LogP contribution in [0.2, 0.25) is 0 Å². The lowest BCUT2D eigenvalue weighted by molar-refractivity contribution is -0.141. The number of phenolic OH excluding ortho intramolecular Hbond substituents is 1. The first-order valence-corrected chi connectivity index (χ1v) is 5.11. The molecule has 0 radical (unpaired) electrons. The zero-order valence-electron chi connectivity index (χ0n) is 9.73. The molecule has 0 unspecified atom stereocenters. The molecule has 0 aliphatic carbocycles. The first kappa shape index (κ1) is 13.0. The van der Waals surface area contributed by atoms with Crippen LogP contribution in [0.1, 0.15) is 24.2 Å². The van der Waals surface area contributed by atoms with E-state index in [1.54, 1.807) is 0 Å². The van der Waals surface area contributed by atoms with E-state index in [1.165, 1.54) is 32.0 Å². The van der Waals surface area contributed by atoms with E-state index in [9.17, 15) is 14.7 Å². The van der Waals surface area contributed by atoms with E-state index >= 15 is 0 Å². The molecule has 1 N–H and O–H groups in total. The second-order valence-corrected chi connectivity index (χ2v) is 3.43. The van der Waals surface area contributed by atoms with Crippen molar-refractivity contribution in [1.29, 1.82) is 0 Å². The van der Waals surface area contributed by atoms with Crippen molar-refractivity contribution in [2.45, 2.75) is 13.8 Å². The van der Waals surface area contributed by atoms with Gasteiger partial charge in [-0.25, -0.2) is 0 Å². The molecule has 92 valence electrons. The van der Waals surface area contributed by atoms with Crippen LogP contribution >= 0.6 is 0 Å². The van der Waals surface area contributed by atoms with E-state index < -0.39 is 5.97 Å². The number of Topliss-reactive ketones (excluding diaryl/α,β-unsaturated/α-hetero) is 1. The molecule has 0 aliphatic heterocycles. The van der Waals surface area contributed by atoms with E-state index in [0.29, 0.717) is 5.56 Å². The maximum Gasteiger partial charge on any atom is 0.302 e. The summed E-state index contributed by atoms with van der Waals surface area (Å²) in [5, 5.41) is 9.48. The molecular formula is C12H14O5. The van der Waals surface area contributed by atoms with Crippen LogP contribution in [-0.4, -0.2) is 30.1 Å². The fraction of sp³-hybridized carbons (Fsp3) is 0.333. The predicted molar refractivity (Wildman–Crippen MR) is 60.2 cm³/mol. The second-order valence-electron chi connectivity index (χ2n) is 3.43. The van der Waals surface area contributed by atoms with Gasteiger partial charge in [-0.15, -0.1) is 0 Å². The molecule has 0 fully saturated rings. The molecule has 0 bridgehead atoms. The van der Waals surface area contributed by atoms with E-state index in [-0.39, 0.29) is 30.5 Å². The van der Waals surface area contributed by atoms with Gasteiger partial charge in [0.25, 0.3) is 0 Å². The molecule has 1 aromatic rings. The molecular weight excluding hydrogens is 224 g/mol. The topological polar surface area (TPSA) is 72.8 Å². The van der Waals surface area contributed by atoms with Gasteiger partial charge in [0.2, 0.25) is 0 Å². The summed E-state index contributed by atoms with van der Waals surface area (Å²) in [6, 6.07) is 4.35. The first-order valence-electron chi connectivity index (χ1n) is 5.11. The van der Waals surface area contributed by atoms with Gasteiger partial charge in [0.15, 0.2) is 17.3 Å². The SMILES string of the molecule is CC(=O)OCCOc1cc(C(C)=O)ccc1O. The average molecular weight is 238 g/mol. The highest BCUT2D eigenvalue weighted by atomic mass is 16.6. The highest BCUT2D eigenvalue weighted by Crippen LogP contribution is 2.26. The van der Waals surface area contributed by atoms with Crippen LogP contribution in [0.5, 0.6) is 11.5 Å². The normalized spacial score (nSPS) is 9.76. The number of phenols is 1. The lowest BCUT2D eigenvalue weighted by Crippen LogP contribution is -2.09. The number of esters is 1. The van der Waals surface area contributed by atoms with Gasteiger partial charge >= 0.3 is 5.97 Å². The van der Waals surface area contributed by atoms with Crippen molar-refractivity contribution >= 4 is 11.8 Å². The molecule has 0 aliphatic rings. The fourth-order valence-electron chi connectivity index (χ4n) is 1.19. The summed E-state index contributed by atoms with van der Waals surface area (Å²) < 4.78 is 9.87. The van der Waals surface area contributed by atoms with Crippen molar-refractivity contribution in [3.05, 3.63) is 23.8 Å². The second kappa shape index (κ2) is 5.89. The van der Waals surface area contributed by atoms with Gasteiger partial charge in [-0.3, -0.25) is 9.59 Å². The van der Waals surface area contributed by atoms with Crippen molar-refractivity contribution in [1.82, 2.24) is 0 Å². The minimum atomic E-state index is -0.393. The molecule has 0 atom stereocenters. The molecule has 0 saturated heterocycles. The molecule has 1 rings (SSSR count). The van der Waals surface area contributed by atoms with Crippen molar-refractivity contribution in [2.24, 2.45) is 0 Å². The number of rotatable bonds is 5. The van der Waals surface area contributed by atoms with Crippen LogP contribution in [0.25, 0.3) is 0 Å². The quantitative estimate of drug-likeness (QED) is 0.478. The third-order valence-electron chi connectivity index (χ3n) is 2.01. The highest BCUT2D eigenvalue weighted by molar-refractivity contribution is 5.94. The maximum absolute atomic E-state index is 11.1. The highest BCUT2D eigenvalue weighted by Gasteiger charge is 2.07. The average Bonchev–Trinajstić information content (AvgIpc) is 2.25. The van der Waals surface area contributed by atoms with E-state index in [0.717, 1.165) is 0 Å². The Labute approximate surface area is 99.0 Å². The number of ketones is 1. The minimum absolute atomic E-state index is 0.0576. The van der Waals surface area contributed by atoms with Gasteiger partial charge in [0.1, 0.15) is 13.2 Å². The van der Waals surface area contributed by atoms with Gasteiger partial charge < -0.3 is 14.6 Å². The molecule has 5 nitrogen and oxygen atoms in total. The predicted octanol–water partition coefficient (Wildman–Crippen LogP) is 1.54. The van der Waals surface area contributed by atoms with Crippen LogP contribution in [0.3, 0.4) is 0 Å². The number of benzene rings is 1. The Kier molecular flexibility index (Phi) is 4.51. The number of carbonyl (C=O) groups excluding carboxylic acids is 2. The molecule has 17 heavy (non-hydrogen) atoms. The number of ether oxygens (including phenoxy) is 2. The van der Waals surface area contributed by atoms with Crippen molar-refractivity contribution < 1.29 is 24.2 Å². The molecule has 0 heterocycles. The van der Waals surface area contributed by atoms with Crippen LogP contribution in [0.15, 0.2) is 18.2 Å². The summed E-state index contributed by atoms with van der Waals surface area (Å²) in [6.45, 7) is 2.94. The zero-order valence-corrected chi connectivity index (χ0v) is 9.73. The fourth-order valence-corrected chi connectivity index (χ4v) is 1.19. The van der Waals surface area contributed by atoms with Crippen molar-refractivity contribution in [2.75, 3.05) is 13.2 Å². The Morgan fingerprint density at radius 3 is 2.53 bits per heavy atom. The lowest BCUT2D eigenvalue weighted by atomic mass is 10.1. The number of hydrogen-bond acceptors (Lipinski definition) is 5.